The summed E-state index contributed by atoms with van der Waals surface area (Å²) >= 11 is 1.07. The van der Waals surface area contributed by atoms with Gasteiger partial charge in [0, 0.05) is 6.20 Å². The Morgan fingerprint density at radius 1 is 1.37 bits per heavy atom. The first-order chi connectivity index (χ1) is 9.11. The molecule has 0 atom stereocenters. The Morgan fingerprint density at radius 3 is 2.79 bits per heavy atom. The van der Waals surface area contributed by atoms with E-state index in [-0.39, 0.29) is 11.6 Å². The molecule has 0 radical (unpaired) electrons. The average molecular weight is 277 g/mol. The molecule has 0 spiro atoms. The van der Waals surface area contributed by atoms with Crippen molar-refractivity contribution in [2.75, 3.05) is 12.4 Å². The largest absolute Gasteiger partial charge is 0.465 e. The molecule has 0 unspecified atom stereocenters. The lowest BCUT2D eigenvalue weighted by Crippen LogP contribution is -2.13. The van der Waals surface area contributed by atoms with Crippen LogP contribution in [-0.2, 0) is 4.74 Å². The van der Waals surface area contributed by atoms with Gasteiger partial charge in [0.2, 0.25) is 0 Å². The summed E-state index contributed by atoms with van der Waals surface area (Å²) in [6.07, 6.45) is 1.53. The summed E-state index contributed by atoms with van der Waals surface area (Å²) < 4.78 is 4.63. The van der Waals surface area contributed by atoms with E-state index in [1.54, 1.807) is 25.1 Å². The fourth-order valence-electron chi connectivity index (χ4n) is 1.39. The fourth-order valence-corrected chi connectivity index (χ4v) is 2.27. The van der Waals surface area contributed by atoms with Gasteiger partial charge in [0.1, 0.15) is 10.6 Å². The van der Waals surface area contributed by atoms with Gasteiger partial charge >= 0.3 is 5.97 Å². The number of methoxy groups -OCH3 is 1. The van der Waals surface area contributed by atoms with E-state index in [0.717, 1.165) is 11.3 Å². The zero-order valence-corrected chi connectivity index (χ0v) is 11.2. The molecule has 2 heterocycles. The molecule has 2 rings (SSSR count). The van der Waals surface area contributed by atoms with Crippen molar-refractivity contribution in [3.63, 3.8) is 0 Å². The van der Waals surface area contributed by atoms with Crippen LogP contribution in [0.15, 0.2) is 24.4 Å². The van der Waals surface area contributed by atoms with E-state index >= 15 is 0 Å². The Bertz CT molecular complexity index is 610. The zero-order chi connectivity index (χ0) is 13.8. The highest BCUT2D eigenvalue weighted by Crippen LogP contribution is 2.23. The first kappa shape index (κ1) is 13.2. The molecule has 0 fully saturated rings. The second-order valence-corrected chi connectivity index (χ2v) is 4.59. The Morgan fingerprint density at radius 2 is 2.16 bits per heavy atom. The average Bonchev–Trinajstić information content (AvgIpc) is 2.79. The van der Waals surface area contributed by atoms with Gasteiger partial charge in [-0.3, -0.25) is 15.1 Å². The molecule has 1 N–H and O–H groups in total. The molecule has 0 saturated heterocycles. The van der Waals surface area contributed by atoms with Crippen molar-refractivity contribution in [3.8, 4) is 0 Å². The molecular formula is C12H11N3O3S. The number of anilines is 1. The number of rotatable bonds is 3. The van der Waals surface area contributed by atoms with Crippen molar-refractivity contribution < 1.29 is 14.3 Å². The minimum absolute atomic E-state index is 0.287. The second kappa shape index (κ2) is 5.57. The highest BCUT2D eigenvalue weighted by Gasteiger charge is 2.17. The van der Waals surface area contributed by atoms with Crippen LogP contribution in [0.3, 0.4) is 0 Å². The van der Waals surface area contributed by atoms with E-state index < -0.39 is 5.97 Å². The summed E-state index contributed by atoms with van der Waals surface area (Å²) in [6.45, 7) is 1.68. The summed E-state index contributed by atoms with van der Waals surface area (Å²) in [4.78, 5) is 31.7. The lowest BCUT2D eigenvalue weighted by Gasteiger charge is -1.99. The third-order valence-electron chi connectivity index (χ3n) is 2.29. The minimum atomic E-state index is -0.465. The minimum Gasteiger partial charge on any atom is -0.465 e. The summed E-state index contributed by atoms with van der Waals surface area (Å²) in [7, 11) is 1.30. The Labute approximate surface area is 113 Å². The monoisotopic (exact) mass is 277 g/mol. The first-order valence-corrected chi connectivity index (χ1v) is 6.21. The molecule has 2 aromatic rings. The number of esters is 1. The molecule has 0 aromatic carbocycles. The molecule has 2 aromatic heterocycles. The van der Waals surface area contributed by atoms with Crippen LogP contribution < -0.4 is 5.32 Å². The molecule has 1 amide bonds. The maximum absolute atomic E-state index is 11.9. The van der Waals surface area contributed by atoms with E-state index in [0.29, 0.717) is 15.7 Å². The van der Waals surface area contributed by atoms with Crippen LogP contribution >= 0.6 is 11.3 Å². The van der Waals surface area contributed by atoms with Crippen molar-refractivity contribution in [2.24, 2.45) is 0 Å². The highest BCUT2D eigenvalue weighted by molar-refractivity contribution is 7.17. The van der Waals surface area contributed by atoms with Crippen LogP contribution in [-0.4, -0.2) is 29.0 Å². The van der Waals surface area contributed by atoms with E-state index in [4.69, 9.17) is 0 Å². The van der Waals surface area contributed by atoms with Gasteiger partial charge in [-0.05, 0) is 19.1 Å². The molecule has 6 nitrogen and oxygen atoms in total. The van der Waals surface area contributed by atoms with Crippen LogP contribution in [0, 0.1) is 6.92 Å². The van der Waals surface area contributed by atoms with E-state index in [2.05, 4.69) is 20.0 Å². The van der Waals surface area contributed by atoms with Crippen molar-refractivity contribution >= 4 is 28.3 Å². The van der Waals surface area contributed by atoms with Crippen LogP contribution in [0.4, 0.5) is 5.13 Å². The number of thiazole rings is 1. The molecule has 7 heteroatoms. The van der Waals surface area contributed by atoms with Gasteiger partial charge in [0.25, 0.3) is 5.91 Å². The number of ether oxygens (including phenoxy) is 1. The number of carbonyl (C=O) groups is 2. The maximum Gasteiger partial charge on any atom is 0.350 e. The molecular weight excluding hydrogens is 266 g/mol. The Kier molecular flexibility index (Phi) is 3.86. The first-order valence-electron chi connectivity index (χ1n) is 5.40. The Hall–Kier alpha value is -2.28. The number of aryl methyl sites for hydroxylation is 1. The third-order valence-corrected chi connectivity index (χ3v) is 3.34. The molecule has 0 aliphatic carbocycles. The van der Waals surface area contributed by atoms with Gasteiger partial charge < -0.3 is 4.74 Å². The van der Waals surface area contributed by atoms with Crippen LogP contribution in [0.2, 0.25) is 0 Å². The van der Waals surface area contributed by atoms with Gasteiger partial charge in [-0.1, -0.05) is 17.4 Å². The van der Waals surface area contributed by atoms with Crippen molar-refractivity contribution in [2.45, 2.75) is 6.92 Å². The summed E-state index contributed by atoms with van der Waals surface area (Å²) in [5, 5.41) is 2.94. The van der Waals surface area contributed by atoms with Gasteiger partial charge in [-0.15, -0.1) is 0 Å². The summed E-state index contributed by atoms with van der Waals surface area (Å²) in [5.41, 5.74) is 0.808. The SMILES string of the molecule is COC(=O)c1sc(NC(=O)c2ccccn2)nc1C. The van der Waals surface area contributed by atoms with Gasteiger partial charge in [0.05, 0.1) is 12.8 Å². The Balaban J connectivity index is 2.16. The molecule has 0 aliphatic rings. The lowest BCUT2D eigenvalue weighted by molar-refractivity contribution is 0.0605. The molecule has 19 heavy (non-hydrogen) atoms. The number of nitrogens with zero attached hydrogens (tertiary/aromatic N) is 2. The van der Waals surface area contributed by atoms with Gasteiger partial charge in [0.15, 0.2) is 5.13 Å². The van der Waals surface area contributed by atoms with Crippen LogP contribution in [0.5, 0.6) is 0 Å². The quantitative estimate of drug-likeness (QED) is 0.866. The van der Waals surface area contributed by atoms with E-state index in [1.165, 1.54) is 13.3 Å². The molecule has 0 saturated carbocycles. The molecule has 0 aliphatic heterocycles. The summed E-state index contributed by atoms with van der Waals surface area (Å²) in [5.74, 6) is -0.834. The predicted octanol–water partition coefficient (Wildman–Crippen LogP) is 1.89. The predicted molar refractivity (Wildman–Crippen MR) is 70.4 cm³/mol. The number of aromatic nitrogens is 2. The van der Waals surface area contributed by atoms with Crippen LogP contribution in [0.1, 0.15) is 25.9 Å². The number of nitrogens with one attached hydrogen (secondary N) is 1. The van der Waals surface area contributed by atoms with Gasteiger partial charge in [-0.2, -0.15) is 0 Å². The normalized spacial score (nSPS) is 10.0. The number of amides is 1. The van der Waals surface area contributed by atoms with E-state index in [1.807, 2.05) is 0 Å². The third kappa shape index (κ3) is 2.94. The topological polar surface area (TPSA) is 81.2 Å². The van der Waals surface area contributed by atoms with Crippen LogP contribution in [0.25, 0.3) is 0 Å². The molecule has 98 valence electrons. The standard InChI is InChI=1S/C12H11N3O3S/c1-7-9(11(17)18-2)19-12(14-7)15-10(16)8-5-3-4-6-13-8/h3-6H,1-2H3,(H,14,15,16). The smallest absolute Gasteiger partial charge is 0.350 e. The number of hydrogen-bond acceptors (Lipinski definition) is 6. The number of pyridine rings is 1. The highest BCUT2D eigenvalue weighted by atomic mass is 32.1. The van der Waals surface area contributed by atoms with Crippen molar-refractivity contribution in [1.29, 1.82) is 0 Å². The van der Waals surface area contributed by atoms with Crippen molar-refractivity contribution in [1.82, 2.24) is 9.97 Å². The lowest BCUT2D eigenvalue weighted by atomic mass is 10.3. The van der Waals surface area contributed by atoms with E-state index in [9.17, 15) is 9.59 Å². The molecule has 0 bridgehead atoms. The number of carbonyl (C=O) groups excluding carboxylic acids is 2. The second-order valence-electron chi connectivity index (χ2n) is 3.59. The fraction of sp³-hybridized carbons (Fsp3) is 0.167. The number of hydrogen-bond donors (Lipinski definition) is 1. The maximum atomic E-state index is 11.9. The zero-order valence-electron chi connectivity index (χ0n) is 10.3. The van der Waals surface area contributed by atoms with Crippen molar-refractivity contribution in [3.05, 3.63) is 40.7 Å². The summed E-state index contributed by atoms with van der Waals surface area (Å²) in [6, 6.07) is 5.03. The van der Waals surface area contributed by atoms with Gasteiger partial charge in [-0.25, -0.2) is 9.78 Å².